The van der Waals surface area contributed by atoms with Crippen LogP contribution in [0.5, 0.6) is 5.75 Å². The monoisotopic (exact) mass is 504 g/mol. The highest BCUT2D eigenvalue weighted by atomic mass is 127. The summed E-state index contributed by atoms with van der Waals surface area (Å²) in [6, 6.07) is 8.07. The first-order valence-corrected chi connectivity index (χ1v) is 10.3. The fourth-order valence-corrected chi connectivity index (χ4v) is 3.12. The maximum atomic E-state index is 5.40. The van der Waals surface area contributed by atoms with E-state index in [-0.39, 0.29) is 24.0 Å². The van der Waals surface area contributed by atoms with Crippen LogP contribution in [0.15, 0.2) is 29.3 Å². The summed E-state index contributed by atoms with van der Waals surface area (Å²) >= 11 is 0. The number of halogens is 1. The molecule has 1 saturated heterocycles. The number of hydrogen-bond donors (Lipinski definition) is 2. The third-order valence-electron chi connectivity index (χ3n) is 4.68. The van der Waals surface area contributed by atoms with Crippen molar-refractivity contribution in [2.24, 2.45) is 4.99 Å². The van der Waals surface area contributed by atoms with Crippen molar-refractivity contribution in [2.75, 3.05) is 53.0 Å². The molecule has 0 aromatic heterocycles. The quantitative estimate of drug-likeness (QED) is 0.198. The van der Waals surface area contributed by atoms with Gasteiger partial charge in [0, 0.05) is 26.3 Å². The van der Waals surface area contributed by atoms with Gasteiger partial charge in [-0.2, -0.15) is 0 Å². The summed E-state index contributed by atoms with van der Waals surface area (Å²) in [5.74, 6) is 1.75. The predicted octanol–water partition coefficient (Wildman–Crippen LogP) is 3.26. The van der Waals surface area contributed by atoms with Crippen molar-refractivity contribution in [3.63, 3.8) is 0 Å². The second-order valence-corrected chi connectivity index (χ2v) is 6.82. The molecule has 2 N–H and O–H groups in total. The van der Waals surface area contributed by atoms with Gasteiger partial charge in [-0.1, -0.05) is 12.1 Å². The van der Waals surface area contributed by atoms with E-state index in [0.29, 0.717) is 6.54 Å². The highest BCUT2D eigenvalue weighted by molar-refractivity contribution is 14.0. The Balaban J connectivity index is 0.00000392. The lowest BCUT2D eigenvalue weighted by atomic mass is 10.2. The maximum absolute atomic E-state index is 5.40. The number of aliphatic imine (C=N–C) groups is 1. The van der Waals surface area contributed by atoms with Crippen molar-refractivity contribution in [3.05, 3.63) is 29.8 Å². The Hall–Kier alpha value is -1.06. The summed E-state index contributed by atoms with van der Waals surface area (Å²) in [5.41, 5.74) is 1.17. The smallest absolute Gasteiger partial charge is 0.191 e. The highest BCUT2D eigenvalue weighted by Gasteiger charge is 2.10. The molecule has 1 heterocycles. The second kappa shape index (κ2) is 15.8. The molecule has 0 atom stereocenters. The van der Waals surface area contributed by atoms with Crippen LogP contribution in [0.4, 0.5) is 0 Å². The number of methoxy groups -OCH3 is 1. The van der Waals surface area contributed by atoms with E-state index in [4.69, 9.17) is 14.5 Å². The van der Waals surface area contributed by atoms with E-state index in [1.807, 2.05) is 19.1 Å². The lowest BCUT2D eigenvalue weighted by Gasteiger charge is -2.16. The average molecular weight is 504 g/mol. The molecule has 0 unspecified atom stereocenters. The van der Waals surface area contributed by atoms with Gasteiger partial charge in [0.1, 0.15) is 5.75 Å². The average Bonchev–Trinajstić information content (AvgIpc) is 3.22. The number of hydrogen-bond acceptors (Lipinski definition) is 4. The van der Waals surface area contributed by atoms with E-state index >= 15 is 0 Å². The van der Waals surface area contributed by atoms with Gasteiger partial charge < -0.3 is 25.0 Å². The molecule has 1 aliphatic heterocycles. The Morgan fingerprint density at radius 3 is 2.39 bits per heavy atom. The van der Waals surface area contributed by atoms with Gasteiger partial charge in [0.25, 0.3) is 0 Å². The molecule has 1 aromatic rings. The molecule has 2 rings (SSSR count). The summed E-state index contributed by atoms with van der Waals surface area (Å²) in [5, 5.41) is 6.89. The first-order chi connectivity index (χ1) is 13.3. The molecule has 0 aliphatic carbocycles. The number of rotatable bonds is 12. The third-order valence-corrected chi connectivity index (χ3v) is 4.68. The molecule has 0 amide bonds. The third kappa shape index (κ3) is 10.5. The van der Waals surface area contributed by atoms with Crippen LogP contribution < -0.4 is 15.4 Å². The fourth-order valence-electron chi connectivity index (χ4n) is 3.12. The van der Waals surface area contributed by atoms with Crippen molar-refractivity contribution in [3.8, 4) is 5.75 Å². The zero-order chi connectivity index (χ0) is 19.2. The van der Waals surface area contributed by atoms with Crippen LogP contribution in [-0.4, -0.2) is 63.9 Å². The normalized spacial score (nSPS) is 14.6. The molecule has 0 radical (unpaired) electrons. The largest absolute Gasteiger partial charge is 0.497 e. The van der Waals surface area contributed by atoms with Gasteiger partial charge in [-0.15, -0.1) is 24.0 Å². The van der Waals surface area contributed by atoms with Crippen LogP contribution in [0.25, 0.3) is 0 Å². The minimum Gasteiger partial charge on any atom is -0.497 e. The summed E-state index contributed by atoms with van der Waals surface area (Å²) < 4.78 is 10.6. The van der Waals surface area contributed by atoms with Crippen LogP contribution in [-0.2, 0) is 11.3 Å². The SMILES string of the molecule is CCOCCCNC(=NCc1ccc(OC)cc1)NCCCN1CCCC1.I. The molecule has 1 aromatic carbocycles. The van der Waals surface area contributed by atoms with Crippen molar-refractivity contribution in [1.29, 1.82) is 0 Å². The molecule has 7 heteroatoms. The van der Waals surface area contributed by atoms with Gasteiger partial charge in [0.15, 0.2) is 5.96 Å². The van der Waals surface area contributed by atoms with E-state index in [2.05, 4.69) is 27.7 Å². The second-order valence-electron chi connectivity index (χ2n) is 6.82. The van der Waals surface area contributed by atoms with E-state index in [1.165, 1.54) is 38.0 Å². The van der Waals surface area contributed by atoms with Crippen LogP contribution in [0, 0.1) is 0 Å². The van der Waals surface area contributed by atoms with E-state index < -0.39 is 0 Å². The predicted molar refractivity (Wildman–Crippen MR) is 127 cm³/mol. The van der Waals surface area contributed by atoms with Gasteiger partial charge in [0.2, 0.25) is 0 Å². The molecule has 160 valence electrons. The number of ether oxygens (including phenoxy) is 2. The topological polar surface area (TPSA) is 58.1 Å². The molecule has 6 nitrogen and oxygen atoms in total. The zero-order valence-electron chi connectivity index (χ0n) is 17.4. The maximum Gasteiger partial charge on any atom is 0.191 e. The van der Waals surface area contributed by atoms with E-state index in [9.17, 15) is 0 Å². The molecule has 1 aliphatic rings. The van der Waals surface area contributed by atoms with Crippen molar-refractivity contribution < 1.29 is 9.47 Å². The Labute approximate surface area is 187 Å². The summed E-state index contributed by atoms with van der Waals surface area (Å²) in [6.45, 7) is 9.72. The number of nitrogens with zero attached hydrogens (tertiary/aromatic N) is 2. The van der Waals surface area contributed by atoms with E-state index in [0.717, 1.165) is 50.9 Å². The number of benzene rings is 1. The molecular weight excluding hydrogens is 467 g/mol. The first-order valence-electron chi connectivity index (χ1n) is 10.3. The van der Waals surface area contributed by atoms with Crippen molar-refractivity contribution >= 4 is 29.9 Å². The standard InChI is InChI=1S/C21H36N4O2.HI/c1-3-27-17-7-13-23-21(22-12-6-16-25-14-4-5-15-25)24-18-19-8-10-20(26-2)11-9-19;/h8-11H,3-7,12-18H2,1-2H3,(H2,22,23,24);1H. The van der Waals surface area contributed by atoms with Gasteiger partial charge in [-0.25, -0.2) is 4.99 Å². The van der Waals surface area contributed by atoms with Gasteiger partial charge in [0.05, 0.1) is 13.7 Å². The zero-order valence-corrected chi connectivity index (χ0v) is 19.7. The number of likely N-dealkylation sites (tertiary alicyclic amines) is 1. The molecule has 0 spiro atoms. The van der Waals surface area contributed by atoms with Crippen molar-refractivity contribution in [1.82, 2.24) is 15.5 Å². The fraction of sp³-hybridized carbons (Fsp3) is 0.667. The molecule has 28 heavy (non-hydrogen) atoms. The van der Waals surface area contributed by atoms with Crippen LogP contribution in [0.2, 0.25) is 0 Å². The summed E-state index contributed by atoms with van der Waals surface area (Å²) in [4.78, 5) is 7.28. The number of guanidine groups is 1. The molecule has 1 fully saturated rings. The Kier molecular flexibility index (Phi) is 14.1. The minimum atomic E-state index is 0. The Morgan fingerprint density at radius 1 is 1.07 bits per heavy atom. The van der Waals surface area contributed by atoms with Crippen molar-refractivity contribution in [2.45, 2.75) is 39.2 Å². The summed E-state index contributed by atoms with van der Waals surface area (Å²) in [6.07, 6.45) is 4.82. The van der Waals surface area contributed by atoms with Crippen LogP contribution in [0.1, 0.15) is 38.2 Å². The highest BCUT2D eigenvalue weighted by Crippen LogP contribution is 2.11. The Bertz CT molecular complexity index is 534. The van der Waals surface area contributed by atoms with Gasteiger partial charge in [-0.05, 0) is 69.9 Å². The van der Waals surface area contributed by atoms with Gasteiger partial charge in [-0.3, -0.25) is 0 Å². The summed E-state index contributed by atoms with van der Waals surface area (Å²) in [7, 11) is 1.68. The van der Waals surface area contributed by atoms with E-state index in [1.54, 1.807) is 7.11 Å². The molecule has 0 bridgehead atoms. The van der Waals surface area contributed by atoms with Gasteiger partial charge >= 0.3 is 0 Å². The molecule has 0 saturated carbocycles. The van der Waals surface area contributed by atoms with Crippen LogP contribution >= 0.6 is 24.0 Å². The number of nitrogens with one attached hydrogen (secondary N) is 2. The first kappa shape index (κ1) is 25.0. The molecular formula is C21H37IN4O2. The lowest BCUT2D eigenvalue weighted by Crippen LogP contribution is -2.39. The lowest BCUT2D eigenvalue weighted by molar-refractivity contribution is 0.145. The minimum absolute atomic E-state index is 0. The Morgan fingerprint density at radius 2 is 1.75 bits per heavy atom. The van der Waals surface area contributed by atoms with Crippen LogP contribution in [0.3, 0.4) is 0 Å².